The van der Waals surface area contributed by atoms with Gasteiger partial charge in [-0.3, -0.25) is 19.4 Å². The van der Waals surface area contributed by atoms with E-state index in [2.05, 4.69) is 0 Å². The lowest BCUT2D eigenvalue weighted by atomic mass is 9.49. The second-order valence-electron chi connectivity index (χ2n) is 9.28. The fraction of sp³-hybridized carbons (Fsp3) is 0.591. The Morgan fingerprint density at radius 2 is 1.37 bits per heavy atom. The number of rotatable bonds is 5. The van der Waals surface area contributed by atoms with Crippen LogP contribution >= 0.6 is 0 Å². The molecule has 5 heteroatoms. The maximum absolute atomic E-state index is 12.8. The zero-order valence-electron chi connectivity index (χ0n) is 15.6. The highest BCUT2D eigenvalue weighted by atomic mass is 16.2. The van der Waals surface area contributed by atoms with E-state index >= 15 is 0 Å². The third kappa shape index (κ3) is 2.88. The van der Waals surface area contributed by atoms with Gasteiger partial charge in [0, 0.05) is 6.54 Å². The molecule has 1 aromatic rings. The van der Waals surface area contributed by atoms with Crippen LogP contribution in [0.1, 0.15) is 50.5 Å². The Balaban J connectivity index is 1.27. The molecular weight excluding hydrogens is 340 g/mol. The van der Waals surface area contributed by atoms with Crippen molar-refractivity contribution >= 4 is 17.8 Å². The second kappa shape index (κ2) is 6.18. The lowest BCUT2D eigenvalue weighted by molar-refractivity contribution is -0.143. The monoisotopic (exact) mass is 366 g/mol. The molecule has 5 fully saturated rings. The molecule has 4 bridgehead atoms. The van der Waals surface area contributed by atoms with Crippen molar-refractivity contribution in [3.05, 3.63) is 35.9 Å². The first kappa shape index (κ1) is 17.0. The molecule has 5 nitrogen and oxygen atoms in total. The lowest BCUT2D eigenvalue weighted by Gasteiger charge is -2.57. The minimum absolute atomic E-state index is 0.165. The lowest BCUT2D eigenvalue weighted by Crippen LogP contribution is -2.47. The number of amides is 4. The molecule has 4 saturated carbocycles. The van der Waals surface area contributed by atoms with Gasteiger partial charge in [-0.05, 0) is 73.7 Å². The van der Waals surface area contributed by atoms with Gasteiger partial charge in [-0.15, -0.1) is 0 Å². The van der Waals surface area contributed by atoms with E-state index in [9.17, 15) is 14.4 Å². The summed E-state index contributed by atoms with van der Waals surface area (Å²) < 4.78 is 0. The Morgan fingerprint density at radius 1 is 0.815 bits per heavy atom. The number of benzene rings is 1. The minimum Gasteiger partial charge on any atom is -0.263 e. The molecule has 0 radical (unpaired) electrons. The molecule has 1 aromatic carbocycles. The molecule has 4 aliphatic carbocycles. The topological polar surface area (TPSA) is 57.7 Å². The fourth-order valence-corrected chi connectivity index (χ4v) is 6.60. The molecule has 0 aromatic heterocycles. The zero-order valence-corrected chi connectivity index (χ0v) is 15.6. The largest absolute Gasteiger partial charge is 0.334 e. The summed E-state index contributed by atoms with van der Waals surface area (Å²) in [6, 6.07) is 8.91. The maximum Gasteiger partial charge on any atom is 0.334 e. The van der Waals surface area contributed by atoms with Crippen molar-refractivity contribution in [1.29, 1.82) is 0 Å². The molecule has 0 spiro atoms. The number of imide groups is 2. The number of hydrogen-bond acceptors (Lipinski definition) is 3. The van der Waals surface area contributed by atoms with Crippen molar-refractivity contribution in [2.24, 2.45) is 23.2 Å². The van der Waals surface area contributed by atoms with Crippen LogP contribution in [-0.2, 0) is 16.1 Å². The number of carbonyl (C=O) groups is 3. The molecule has 1 heterocycles. The molecule has 4 amide bonds. The van der Waals surface area contributed by atoms with Gasteiger partial charge in [-0.1, -0.05) is 30.3 Å². The Morgan fingerprint density at radius 3 is 1.96 bits per heavy atom. The summed E-state index contributed by atoms with van der Waals surface area (Å²) in [6.45, 7) is 0.555. The molecule has 0 unspecified atom stereocenters. The van der Waals surface area contributed by atoms with Gasteiger partial charge in [0.2, 0.25) is 0 Å². The molecular formula is C22H26N2O3. The summed E-state index contributed by atoms with van der Waals surface area (Å²) in [7, 11) is 0. The SMILES string of the molecule is O=C1C(=O)N(Cc2ccccc2)C(=O)N1CCC12CC3CC(CC(C3)C1)C2. The van der Waals surface area contributed by atoms with Gasteiger partial charge in [0.15, 0.2) is 0 Å². The van der Waals surface area contributed by atoms with E-state index in [-0.39, 0.29) is 6.54 Å². The number of nitrogens with zero attached hydrogens (tertiary/aromatic N) is 2. The summed E-state index contributed by atoms with van der Waals surface area (Å²) in [5, 5.41) is 0. The predicted octanol–water partition coefficient (Wildman–Crippen LogP) is 3.58. The average Bonchev–Trinajstić information content (AvgIpc) is 2.83. The number of urea groups is 1. The molecule has 0 N–H and O–H groups in total. The van der Waals surface area contributed by atoms with E-state index in [4.69, 9.17) is 0 Å². The van der Waals surface area contributed by atoms with Crippen molar-refractivity contribution in [3.63, 3.8) is 0 Å². The van der Waals surface area contributed by atoms with Crippen LogP contribution in [0.4, 0.5) is 4.79 Å². The van der Waals surface area contributed by atoms with Crippen molar-refractivity contribution < 1.29 is 14.4 Å². The molecule has 6 rings (SSSR count). The number of carbonyl (C=O) groups excluding carboxylic acids is 3. The van der Waals surface area contributed by atoms with Crippen LogP contribution in [0.15, 0.2) is 30.3 Å². The van der Waals surface area contributed by atoms with Crippen molar-refractivity contribution in [3.8, 4) is 0 Å². The normalized spacial score (nSPS) is 34.8. The van der Waals surface area contributed by atoms with Crippen LogP contribution in [0.3, 0.4) is 0 Å². The van der Waals surface area contributed by atoms with Gasteiger partial charge >= 0.3 is 17.8 Å². The van der Waals surface area contributed by atoms with Crippen LogP contribution in [-0.4, -0.2) is 34.2 Å². The molecule has 1 aliphatic heterocycles. The van der Waals surface area contributed by atoms with Crippen molar-refractivity contribution in [2.75, 3.05) is 6.54 Å². The predicted molar refractivity (Wildman–Crippen MR) is 99.3 cm³/mol. The summed E-state index contributed by atoms with van der Waals surface area (Å²) in [6.07, 6.45) is 8.74. The van der Waals surface area contributed by atoms with Gasteiger partial charge in [0.05, 0.1) is 6.54 Å². The van der Waals surface area contributed by atoms with Crippen LogP contribution in [0.25, 0.3) is 0 Å². The zero-order chi connectivity index (χ0) is 18.6. The fourth-order valence-electron chi connectivity index (χ4n) is 6.60. The molecule has 1 saturated heterocycles. The first-order valence-corrected chi connectivity index (χ1v) is 10.2. The van der Waals surface area contributed by atoms with Crippen LogP contribution in [0, 0.1) is 23.2 Å². The van der Waals surface area contributed by atoms with E-state index in [1.165, 1.54) is 43.4 Å². The maximum atomic E-state index is 12.8. The van der Waals surface area contributed by atoms with Crippen LogP contribution in [0.5, 0.6) is 0 Å². The summed E-state index contributed by atoms with van der Waals surface area (Å²) in [5.41, 5.74) is 1.15. The quantitative estimate of drug-likeness (QED) is 0.591. The minimum atomic E-state index is -0.686. The Bertz CT molecular complexity index is 753. The number of hydrogen-bond donors (Lipinski definition) is 0. The van der Waals surface area contributed by atoms with Gasteiger partial charge < -0.3 is 0 Å². The molecule has 142 valence electrons. The molecule has 0 atom stereocenters. The van der Waals surface area contributed by atoms with E-state index < -0.39 is 17.8 Å². The highest BCUT2D eigenvalue weighted by Gasteiger charge is 2.52. The van der Waals surface area contributed by atoms with Crippen molar-refractivity contribution in [1.82, 2.24) is 9.80 Å². The Kier molecular flexibility index (Phi) is 3.88. The van der Waals surface area contributed by atoms with Gasteiger partial charge in [0.1, 0.15) is 0 Å². The third-order valence-corrected chi connectivity index (χ3v) is 7.35. The highest BCUT2D eigenvalue weighted by molar-refractivity contribution is 6.44. The second-order valence-corrected chi connectivity index (χ2v) is 9.28. The van der Waals surface area contributed by atoms with Gasteiger partial charge in [-0.25, -0.2) is 4.79 Å². The molecule has 5 aliphatic rings. The van der Waals surface area contributed by atoms with Gasteiger partial charge in [-0.2, -0.15) is 0 Å². The standard InChI is InChI=1S/C22H26N2O3/c25-19-20(26)24(14-15-4-2-1-3-5-15)21(27)23(19)7-6-22-11-16-8-17(12-22)10-18(9-16)13-22/h1-5,16-18H,6-14H2. The van der Waals surface area contributed by atoms with E-state index in [0.717, 1.165) is 34.6 Å². The Labute approximate surface area is 159 Å². The van der Waals surface area contributed by atoms with Crippen LogP contribution < -0.4 is 0 Å². The highest BCUT2D eigenvalue weighted by Crippen LogP contribution is 2.61. The molecule has 27 heavy (non-hydrogen) atoms. The van der Waals surface area contributed by atoms with Crippen molar-refractivity contribution in [2.45, 2.75) is 51.5 Å². The third-order valence-electron chi connectivity index (χ3n) is 7.35. The first-order chi connectivity index (χ1) is 13.0. The van der Waals surface area contributed by atoms with Gasteiger partial charge in [0.25, 0.3) is 0 Å². The summed E-state index contributed by atoms with van der Waals surface area (Å²) in [5.74, 6) is 1.20. The smallest absolute Gasteiger partial charge is 0.263 e. The summed E-state index contributed by atoms with van der Waals surface area (Å²) in [4.78, 5) is 39.9. The average molecular weight is 366 g/mol. The summed E-state index contributed by atoms with van der Waals surface area (Å²) >= 11 is 0. The van der Waals surface area contributed by atoms with E-state index in [1.54, 1.807) is 0 Å². The first-order valence-electron chi connectivity index (χ1n) is 10.2. The Hall–Kier alpha value is -2.17. The van der Waals surface area contributed by atoms with Crippen LogP contribution in [0.2, 0.25) is 0 Å². The van der Waals surface area contributed by atoms with E-state index in [1.807, 2.05) is 30.3 Å². The van der Waals surface area contributed by atoms with E-state index in [0.29, 0.717) is 12.0 Å².